The molecule has 0 aliphatic heterocycles. The number of anilines is 1. The number of nitrogens with one attached hydrogen (secondary N) is 1. The van der Waals surface area contributed by atoms with Crippen molar-refractivity contribution < 1.29 is 14.3 Å². The zero-order valence-electron chi connectivity index (χ0n) is 12.8. The summed E-state index contributed by atoms with van der Waals surface area (Å²) in [6, 6.07) is 0. The Labute approximate surface area is 134 Å². The Morgan fingerprint density at radius 2 is 2.09 bits per heavy atom. The lowest BCUT2D eigenvalue weighted by molar-refractivity contribution is -0.121. The van der Waals surface area contributed by atoms with Crippen molar-refractivity contribution >= 4 is 28.2 Å². The molecular formula is C17H21NO3S. The highest BCUT2D eigenvalue weighted by molar-refractivity contribution is 7.17. The molecule has 1 aromatic heterocycles. The summed E-state index contributed by atoms with van der Waals surface area (Å²) in [6.45, 7) is 0. The van der Waals surface area contributed by atoms with E-state index in [0.29, 0.717) is 16.5 Å². The van der Waals surface area contributed by atoms with Crippen LogP contribution in [0.5, 0.6) is 0 Å². The molecule has 0 spiro atoms. The number of esters is 1. The van der Waals surface area contributed by atoms with E-state index in [2.05, 4.69) is 5.32 Å². The van der Waals surface area contributed by atoms with Crippen LogP contribution < -0.4 is 5.32 Å². The number of hydrogen-bond acceptors (Lipinski definition) is 4. The molecule has 0 saturated heterocycles. The normalized spacial score (nSPS) is 28.7. The summed E-state index contributed by atoms with van der Waals surface area (Å²) >= 11 is 1.57. The number of thiophene rings is 1. The van der Waals surface area contributed by atoms with Gasteiger partial charge in [0.25, 0.3) is 0 Å². The van der Waals surface area contributed by atoms with Crippen molar-refractivity contribution in [2.45, 2.75) is 44.9 Å². The van der Waals surface area contributed by atoms with E-state index in [0.717, 1.165) is 37.2 Å². The van der Waals surface area contributed by atoms with Crippen LogP contribution in [0.3, 0.4) is 0 Å². The molecule has 1 N–H and O–H groups in total. The molecule has 1 amide bonds. The second-order valence-electron chi connectivity index (χ2n) is 6.82. The molecule has 118 valence electrons. The van der Waals surface area contributed by atoms with Crippen LogP contribution in [0.25, 0.3) is 0 Å². The smallest absolute Gasteiger partial charge is 0.341 e. The van der Waals surface area contributed by atoms with E-state index in [1.807, 2.05) is 0 Å². The molecule has 1 heterocycles. The van der Waals surface area contributed by atoms with Crippen molar-refractivity contribution in [3.05, 3.63) is 16.0 Å². The van der Waals surface area contributed by atoms with Crippen LogP contribution in [-0.2, 0) is 22.4 Å². The summed E-state index contributed by atoms with van der Waals surface area (Å²) in [5.41, 5.74) is 1.71. The van der Waals surface area contributed by atoms with Gasteiger partial charge in [0, 0.05) is 10.8 Å². The van der Waals surface area contributed by atoms with Gasteiger partial charge in [0.2, 0.25) is 5.91 Å². The van der Waals surface area contributed by atoms with Gasteiger partial charge in [-0.3, -0.25) is 4.79 Å². The number of methoxy groups -OCH3 is 1. The van der Waals surface area contributed by atoms with Crippen molar-refractivity contribution in [3.63, 3.8) is 0 Å². The molecule has 3 aliphatic carbocycles. The van der Waals surface area contributed by atoms with Crippen LogP contribution >= 0.6 is 11.3 Å². The fraction of sp³-hybridized carbons (Fsp3) is 0.647. The van der Waals surface area contributed by atoms with Crippen LogP contribution in [0.4, 0.5) is 5.00 Å². The summed E-state index contributed by atoms with van der Waals surface area (Å²) in [6.07, 6.45) is 7.72. The van der Waals surface area contributed by atoms with Crippen LogP contribution in [0.15, 0.2) is 0 Å². The summed E-state index contributed by atoms with van der Waals surface area (Å²) in [5.74, 6) is 1.23. The first-order valence-corrected chi connectivity index (χ1v) is 9.02. The van der Waals surface area contributed by atoms with Gasteiger partial charge in [-0.1, -0.05) is 6.42 Å². The van der Waals surface area contributed by atoms with Crippen LogP contribution in [-0.4, -0.2) is 19.0 Å². The minimum Gasteiger partial charge on any atom is -0.465 e. The van der Waals surface area contributed by atoms with Crippen molar-refractivity contribution in [3.8, 4) is 0 Å². The standard InChI is InChI=1S/C17H21NO3S/c1-21-17(20)14-11-3-2-4-13(11)22-16(14)18-15(19)12-8-9-5-6-10(12)7-9/h9-10,12H,2-8H2,1H3,(H,18,19)/t9-,10-,12-/m1/s1. The van der Waals surface area contributed by atoms with Crippen molar-refractivity contribution in [2.24, 2.45) is 17.8 Å². The Balaban J connectivity index is 1.58. The Hall–Kier alpha value is -1.36. The number of rotatable bonds is 3. The first-order chi connectivity index (χ1) is 10.7. The molecular weight excluding hydrogens is 298 g/mol. The summed E-state index contributed by atoms with van der Waals surface area (Å²) in [4.78, 5) is 26.0. The highest BCUT2D eigenvalue weighted by atomic mass is 32.1. The molecule has 2 saturated carbocycles. The maximum Gasteiger partial charge on any atom is 0.341 e. The number of hydrogen-bond donors (Lipinski definition) is 1. The molecule has 3 aliphatic rings. The number of carbonyl (C=O) groups excluding carboxylic acids is 2. The van der Waals surface area contributed by atoms with E-state index in [-0.39, 0.29) is 17.8 Å². The van der Waals surface area contributed by atoms with E-state index in [9.17, 15) is 9.59 Å². The monoisotopic (exact) mass is 319 g/mol. The minimum absolute atomic E-state index is 0.109. The van der Waals surface area contributed by atoms with Gasteiger partial charge in [-0.2, -0.15) is 0 Å². The van der Waals surface area contributed by atoms with Gasteiger partial charge in [-0.05, 0) is 55.9 Å². The molecule has 22 heavy (non-hydrogen) atoms. The second-order valence-corrected chi connectivity index (χ2v) is 7.93. The predicted molar refractivity (Wildman–Crippen MR) is 85.3 cm³/mol. The molecule has 2 fully saturated rings. The molecule has 4 rings (SSSR count). The SMILES string of the molecule is COC(=O)c1c(NC(=O)[C@@H]2C[C@@H]3CC[C@@H]2C3)sc2c1CCC2. The Morgan fingerprint density at radius 3 is 2.77 bits per heavy atom. The lowest BCUT2D eigenvalue weighted by Crippen LogP contribution is -2.27. The average Bonchev–Trinajstić information content (AvgIpc) is 3.26. The summed E-state index contributed by atoms with van der Waals surface area (Å²) in [7, 11) is 1.41. The van der Waals surface area contributed by atoms with E-state index in [1.54, 1.807) is 11.3 Å². The van der Waals surface area contributed by atoms with Gasteiger partial charge in [0.05, 0.1) is 12.7 Å². The molecule has 1 aromatic rings. The van der Waals surface area contributed by atoms with Crippen LogP contribution in [0.2, 0.25) is 0 Å². The Morgan fingerprint density at radius 1 is 1.23 bits per heavy atom. The largest absolute Gasteiger partial charge is 0.465 e. The fourth-order valence-corrected chi connectivity index (χ4v) is 5.86. The molecule has 0 radical (unpaired) electrons. The number of carbonyl (C=O) groups is 2. The first-order valence-electron chi connectivity index (χ1n) is 8.21. The molecule has 0 aromatic carbocycles. The topological polar surface area (TPSA) is 55.4 Å². The lowest BCUT2D eigenvalue weighted by atomic mass is 9.88. The lowest BCUT2D eigenvalue weighted by Gasteiger charge is -2.20. The van der Waals surface area contributed by atoms with E-state index in [1.165, 1.54) is 31.2 Å². The Kier molecular flexibility index (Phi) is 3.48. The molecule has 4 nitrogen and oxygen atoms in total. The van der Waals surface area contributed by atoms with Crippen LogP contribution in [0, 0.1) is 17.8 Å². The first kappa shape index (κ1) is 14.2. The summed E-state index contributed by atoms with van der Waals surface area (Å²) in [5, 5.41) is 3.77. The van der Waals surface area contributed by atoms with Gasteiger partial charge in [0.1, 0.15) is 5.00 Å². The number of aryl methyl sites for hydroxylation is 1. The highest BCUT2D eigenvalue weighted by Gasteiger charge is 2.43. The van der Waals surface area contributed by atoms with Gasteiger partial charge in [-0.15, -0.1) is 11.3 Å². The van der Waals surface area contributed by atoms with Crippen molar-refractivity contribution in [2.75, 3.05) is 12.4 Å². The number of fused-ring (bicyclic) bond motifs is 3. The van der Waals surface area contributed by atoms with E-state index >= 15 is 0 Å². The van der Waals surface area contributed by atoms with Crippen LogP contribution in [0.1, 0.15) is 52.9 Å². The molecule has 5 heteroatoms. The average molecular weight is 319 g/mol. The quantitative estimate of drug-likeness (QED) is 0.869. The van der Waals surface area contributed by atoms with Gasteiger partial charge in [0.15, 0.2) is 0 Å². The molecule has 0 unspecified atom stereocenters. The van der Waals surface area contributed by atoms with Crippen molar-refractivity contribution in [1.82, 2.24) is 0 Å². The maximum atomic E-state index is 12.6. The fourth-order valence-electron chi connectivity index (χ4n) is 4.58. The zero-order chi connectivity index (χ0) is 15.3. The van der Waals surface area contributed by atoms with Crippen molar-refractivity contribution in [1.29, 1.82) is 0 Å². The Bertz CT molecular complexity index is 636. The van der Waals surface area contributed by atoms with Gasteiger partial charge >= 0.3 is 5.97 Å². The predicted octanol–water partition coefficient (Wildman–Crippen LogP) is 3.40. The third-order valence-corrected chi connectivity index (χ3v) is 6.83. The van der Waals surface area contributed by atoms with Gasteiger partial charge in [-0.25, -0.2) is 4.79 Å². The zero-order valence-corrected chi connectivity index (χ0v) is 13.6. The minimum atomic E-state index is -0.317. The maximum absolute atomic E-state index is 12.6. The highest BCUT2D eigenvalue weighted by Crippen LogP contribution is 2.49. The van der Waals surface area contributed by atoms with E-state index < -0.39 is 0 Å². The third-order valence-electron chi connectivity index (χ3n) is 5.62. The third kappa shape index (κ3) is 2.18. The molecule has 3 atom stereocenters. The van der Waals surface area contributed by atoms with Gasteiger partial charge < -0.3 is 10.1 Å². The second kappa shape index (κ2) is 5.37. The van der Waals surface area contributed by atoms with E-state index in [4.69, 9.17) is 4.74 Å². The number of ether oxygens (including phenoxy) is 1. The summed E-state index contributed by atoms with van der Waals surface area (Å²) < 4.78 is 4.93. The molecule has 2 bridgehead atoms. The number of amides is 1.